The Morgan fingerprint density at radius 3 is 2.56 bits per heavy atom. The highest BCUT2D eigenvalue weighted by Gasteiger charge is 2.32. The second-order valence-corrected chi connectivity index (χ2v) is 11.7. The summed E-state index contributed by atoms with van der Waals surface area (Å²) in [6.07, 6.45) is 12.1. The third-order valence-electron chi connectivity index (χ3n) is 8.68. The van der Waals surface area contributed by atoms with Gasteiger partial charge in [0, 0.05) is 55.7 Å². The predicted molar refractivity (Wildman–Crippen MR) is 171 cm³/mol. The molecule has 1 aliphatic heterocycles. The van der Waals surface area contributed by atoms with Gasteiger partial charge in [0.05, 0.1) is 25.0 Å². The molecule has 0 bridgehead atoms. The minimum Gasteiger partial charge on any atom is -0.394 e. The molecule has 3 aromatic heterocycles. The number of nitrogens with zero attached hydrogens (tertiary/aromatic N) is 8. The number of amides is 2. The molecule has 45 heavy (non-hydrogen) atoms. The molecule has 1 saturated heterocycles. The van der Waals surface area contributed by atoms with Crippen molar-refractivity contribution in [1.29, 1.82) is 5.26 Å². The van der Waals surface area contributed by atoms with E-state index >= 15 is 0 Å². The van der Waals surface area contributed by atoms with Gasteiger partial charge in [0.1, 0.15) is 17.5 Å². The van der Waals surface area contributed by atoms with Crippen LogP contribution in [0.1, 0.15) is 49.7 Å². The fraction of sp³-hybridized carbons (Fsp3) is 0.394. The molecule has 4 heterocycles. The van der Waals surface area contributed by atoms with E-state index < -0.39 is 0 Å². The zero-order chi connectivity index (χ0) is 31.2. The number of urea groups is 1. The number of carbonyl (C=O) groups excluding carboxylic acids is 1. The summed E-state index contributed by atoms with van der Waals surface area (Å²) in [5.74, 6) is 1.65. The molecule has 1 unspecified atom stereocenters. The summed E-state index contributed by atoms with van der Waals surface area (Å²) in [5.41, 5.74) is 3.34. The van der Waals surface area contributed by atoms with Crippen molar-refractivity contribution in [2.24, 2.45) is 7.05 Å². The lowest BCUT2D eigenvalue weighted by molar-refractivity contribution is 0.240. The Morgan fingerprint density at radius 1 is 1.04 bits per heavy atom. The molecule has 1 aromatic carbocycles. The van der Waals surface area contributed by atoms with Gasteiger partial charge < -0.3 is 20.6 Å². The molecule has 0 radical (unpaired) electrons. The van der Waals surface area contributed by atoms with E-state index in [1.807, 2.05) is 60.6 Å². The summed E-state index contributed by atoms with van der Waals surface area (Å²) in [7, 11) is 1.88. The number of hydrogen-bond acceptors (Lipinski definition) is 9. The number of nitriles is 1. The van der Waals surface area contributed by atoms with Crippen LogP contribution < -0.4 is 20.4 Å². The number of rotatable bonds is 9. The average Bonchev–Trinajstić information content (AvgIpc) is 3.74. The summed E-state index contributed by atoms with van der Waals surface area (Å²) >= 11 is 0. The van der Waals surface area contributed by atoms with Crippen LogP contribution in [0.15, 0.2) is 67.3 Å². The Bertz CT molecular complexity index is 1630. The number of anilines is 3. The zero-order valence-corrected chi connectivity index (χ0v) is 25.4. The zero-order valence-electron chi connectivity index (χ0n) is 25.4. The van der Waals surface area contributed by atoms with Gasteiger partial charge in [0.2, 0.25) is 5.95 Å². The van der Waals surface area contributed by atoms with E-state index in [1.165, 1.54) is 0 Å². The first-order chi connectivity index (χ1) is 22.0. The summed E-state index contributed by atoms with van der Waals surface area (Å²) in [6, 6.07) is 15.8. The first-order valence-electron chi connectivity index (χ1n) is 15.5. The normalized spacial score (nSPS) is 19.6. The van der Waals surface area contributed by atoms with Gasteiger partial charge in [-0.05, 0) is 56.2 Å². The first kappa shape index (κ1) is 30.0. The van der Waals surface area contributed by atoms with Crippen LogP contribution in [0.4, 0.5) is 22.4 Å². The second-order valence-electron chi connectivity index (χ2n) is 11.7. The van der Waals surface area contributed by atoms with E-state index in [4.69, 9.17) is 9.97 Å². The highest BCUT2D eigenvalue weighted by atomic mass is 16.3. The molecule has 2 fully saturated rings. The van der Waals surface area contributed by atoms with E-state index in [9.17, 15) is 15.2 Å². The molecule has 12 nitrogen and oxygen atoms in total. The number of aromatic nitrogens is 5. The number of benzene rings is 1. The van der Waals surface area contributed by atoms with Crippen LogP contribution in [-0.2, 0) is 13.6 Å². The van der Waals surface area contributed by atoms with Crippen LogP contribution in [0.2, 0.25) is 0 Å². The quantitative estimate of drug-likeness (QED) is 0.254. The molecule has 1 atom stereocenters. The van der Waals surface area contributed by atoms with E-state index in [2.05, 4.69) is 26.8 Å². The highest BCUT2D eigenvalue weighted by molar-refractivity contribution is 5.91. The van der Waals surface area contributed by atoms with E-state index in [0.717, 1.165) is 61.8 Å². The molecule has 1 saturated carbocycles. The van der Waals surface area contributed by atoms with Gasteiger partial charge in [0.25, 0.3) is 0 Å². The fourth-order valence-electron chi connectivity index (χ4n) is 6.29. The lowest BCUT2D eigenvalue weighted by Crippen LogP contribution is -2.49. The number of pyridine rings is 1. The molecular formula is C33H38N10O2. The highest BCUT2D eigenvalue weighted by Crippen LogP contribution is 2.31. The molecule has 2 aliphatic rings. The van der Waals surface area contributed by atoms with Crippen molar-refractivity contribution in [3.8, 4) is 17.2 Å². The number of aliphatic hydroxyl groups is 1. The molecule has 232 valence electrons. The number of aryl methyl sites for hydroxylation is 1. The van der Waals surface area contributed by atoms with Crippen molar-refractivity contribution >= 4 is 23.6 Å². The van der Waals surface area contributed by atoms with Crippen LogP contribution >= 0.6 is 0 Å². The minimum atomic E-state index is -0.180. The molecule has 6 rings (SSSR count). The standard InChI is InChI=1S/C33H38N10O2/c1-41-21-26(20-38-41)24-9-14-30(35-18-24)43(33(45)37-17-23-6-3-2-4-7-23)28-12-10-27(11-13-28)39-32-36-19-25(16-34)31(40-32)42-15-5-8-29(42)22-44/h2-4,6-7,9,14,18-21,27-29,44H,5,8,10-13,15,17,22H2,1H3,(H,37,45)(H,36,39,40)/t27-,28-,29?. The summed E-state index contributed by atoms with van der Waals surface area (Å²) in [4.78, 5) is 31.4. The SMILES string of the molecule is Cn1cc(-c2ccc(N(C(=O)NCc3ccccc3)[C@H]3CC[C@H](Nc4ncc(C#N)c(N5CCCC5CO)n4)CC3)nc2)cn1. The van der Waals surface area contributed by atoms with Gasteiger partial charge in [0.15, 0.2) is 5.82 Å². The Labute approximate surface area is 262 Å². The van der Waals surface area contributed by atoms with Gasteiger partial charge >= 0.3 is 6.03 Å². The van der Waals surface area contributed by atoms with Crippen LogP contribution in [0.3, 0.4) is 0 Å². The van der Waals surface area contributed by atoms with Gasteiger partial charge in [-0.25, -0.2) is 14.8 Å². The maximum Gasteiger partial charge on any atom is 0.323 e. The minimum absolute atomic E-state index is 0.0259. The molecule has 2 amide bonds. The van der Waals surface area contributed by atoms with Gasteiger partial charge in [-0.15, -0.1) is 0 Å². The number of carbonyl (C=O) groups is 1. The maximum atomic E-state index is 13.7. The topological polar surface area (TPSA) is 148 Å². The molecule has 0 spiro atoms. The molecule has 12 heteroatoms. The van der Waals surface area contributed by atoms with Crippen molar-refractivity contribution in [3.05, 3.63) is 78.4 Å². The average molecular weight is 607 g/mol. The Hall–Kier alpha value is -5.02. The Kier molecular flexibility index (Phi) is 9.17. The largest absolute Gasteiger partial charge is 0.394 e. The maximum absolute atomic E-state index is 13.7. The lowest BCUT2D eigenvalue weighted by Gasteiger charge is -2.36. The van der Waals surface area contributed by atoms with Crippen molar-refractivity contribution < 1.29 is 9.90 Å². The van der Waals surface area contributed by atoms with Crippen molar-refractivity contribution in [2.45, 2.75) is 63.2 Å². The third-order valence-corrected chi connectivity index (χ3v) is 8.68. The number of nitrogens with one attached hydrogen (secondary N) is 2. The van der Waals surface area contributed by atoms with Crippen molar-refractivity contribution in [1.82, 2.24) is 30.0 Å². The lowest BCUT2D eigenvalue weighted by atomic mass is 9.90. The smallest absolute Gasteiger partial charge is 0.323 e. The summed E-state index contributed by atoms with van der Waals surface area (Å²) in [5, 5.41) is 30.3. The van der Waals surface area contributed by atoms with Gasteiger partial charge in [-0.2, -0.15) is 15.3 Å². The van der Waals surface area contributed by atoms with Crippen LogP contribution in [0, 0.1) is 11.3 Å². The van der Waals surface area contributed by atoms with Gasteiger partial charge in [-0.3, -0.25) is 9.58 Å². The summed E-state index contributed by atoms with van der Waals surface area (Å²) < 4.78 is 1.75. The number of hydrogen-bond donors (Lipinski definition) is 3. The molecule has 1 aliphatic carbocycles. The van der Waals surface area contributed by atoms with E-state index in [0.29, 0.717) is 29.7 Å². The fourth-order valence-corrected chi connectivity index (χ4v) is 6.29. The van der Waals surface area contributed by atoms with Crippen LogP contribution in [-0.4, -0.2) is 67.1 Å². The predicted octanol–water partition coefficient (Wildman–Crippen LogP) is 4.24. The van der Waals surface area contributed by atoms with E-state index in [-0.39, 0.29) is 30.8 Å². The molecular weight excluding hydrogens is 568 g/mol. The molecule has 4 aromatic rings. The van der Waals surface area contributed by atoms with Crippen molar-refractivity contribution in [2.75, 3.05) is 28.3 Å². The second kappa shape index (κ2) is 13.7. The Morgan fingerprint density at radius 2 is 1.87 bits per heavy atom. The monoisotopic (exact) mass is 606 g/mol. The van der Waals surface area contributed by atoms with Crippen LogP contribution in [0.25, 0.3) is 11.1 Å². The number of aliphatic hydroxyl groups excluding tert-OH is 1. The third kappa shape index (κ3) is 6.89. The van der Waals surface area contributed by atoms with Gasteiger partial charge in [-0.1, -0.05) is 30.3 Å². The van der Waals surface area contributed by atoms with Crippen LogP contribution in [0.5, 0.6) is 0 Å². The Balaban J connectivity index is 1.15. The summed E-state index contributed by atoms with van der Waals surface area (Å²) in [6.45, 7) is 1.20. The van der Waals surface area contributed by atoms with E-state index in [1.54, 1.807) is 28.2 Å². The van der Waals surface area contributed by atoms with Crippen molar-refractivity contribution in [3.63, 3.8) is 0 Å². The molecule has 3 N–H and O–H groups in total. The first-order valence-corrected chi connectivity index (χ1v) is 15.5.